The topological polar surface area (TPSA) is 21.3 Å². The number of nitrogens with one attached hydrogen (secondary N) is 1. The van der Waals surface area contributed by atoms with Crippen LogP contribution in [0.2, 0.25) is 0 Å². The molecule has 1 saturated carbocycles. The summed E-state index contributed by atoms with van der Waals surface area (Å²) in [6.45, 7) is 3.08. The lowest BCUT2D eigenvalue weighted by Crippen LogP contribution is -2.32. The highest BCUT2D eigenvalue weighted by Crippen LogP contribution is 2.34. The van der Waals surface area contributed by atoms with E-state index < -0.39 is 0 Å². The maximum Gasteiger partial charge on any atom is 0.143 e. The van der Waals surface area contributed by atoms with Crippen molar-refractivity contribution in [2.24, 2.45) is 5.92 Å². The molecular weight excluding hydrogens is 210 g/mol. The predicted molar refractivity (Wildman–Crippen MR) is 70.7 cm³/mol. The van der Waals surface area contributed by atoms with Gasteiger partial charge < -0.3 is 10.1 Å². The summed E-state index contributed by atoms with van der Waals surface area (Å²) in [5.74, 6) is 1.94. The molecule has 1 aromatic carbocycles. The standard InChI is InChI=1S/C15H21NO/c1-11-6-7-14-15(8-11)17-13(10-16-14)9-12-4-2-3-5-12/h6-8,12-13,16H,2-5,9-10H2,1H3. The van der Waals surface area contributed by atoms with Gasteiger partial charge in [0.15, 0.2) is 0 Å². The summed E-state index contributed by atoms with van der Waals surface area (Å²) in [5, 5.41) is 3.49. The molecule has 2 nitrogen and oxygen atoms in total. The van der Waals surface area contributed by atoms with Gasteiger partial charge in [-0.15, -0.1) is 0 Å². The molecule has 92 valence electrons. The first-order chi connectivity index (χ1) is 8.31. The van der Waals surface area contributed by atoms with Crippen molar-refractivity contribution in [2.75, 3.05) is 11.9 Å². The fraction of sp³-hybridized carbons (Fsp3) is 0.600. The first-order valence-corrected chi connectivity index (χ1v) is 6.82. The van der Waals surface area contributed by atoms with E-state index in [9.17, 15) is 0 Å². The average Bonchev–Trinajstić information content (AvgIpc) is 2.81. The van der Waals surface area contributed by atoms with Crippen molar-refractivity contribution >= 4 is 5.69 Å². The van der Waals surface area contributed by atoms with Gasteiger partial charge >= 0.3 is 0 Å². The van der Waals surface area contributed by atoms with Crippen LogP contribution in [0.4, 0.5) is 5.69 Å². The van der Waals surface area contributed by atoms with Gasteiger partial charge in [-0.25, -0.2) is 0 Å². The van der Waals surface area contributed by atoms with Gasteiger partial charge in [-0.3, -0.25) is 0 Å². The number of rotatable bonds is 2. The zero-order chi connectivity index (χ0) is 11.7. The maximum absolute atomic E-state index is 6.11. The molecule has 1 atom stereocenters. The van der Waals surface area contributed by atoms with Gasteiger partial charge in [0.05, 0.1) is 12.2 Å². The molecule has 0 amide bonds. The Balaban J connectivity index is 1.67. The Kier molecular flexibility index (Phi) is 2.96. The number of fused-ring (bicyclic) bond motifs is 1. The lowest BCUT2D eigenvalue weighted by atomic mass is 9.99. The molecule has 0 spiro atoms. The summed E-state index contributed by atoms with van der Waals surface area (Å²) in [6.07, 6.45) is 7.23. The second-order valence-corrected chi connectivity index (χ2v) is 5.51. The molecule has 17 heavy (non-hydrogen) atoms. The Morgan fingerprint density at radius 2 is 2.12 bits per heavy atom. The fourth-order valence-corrected chi connectivity index (χ4v) is 3.07. The van der Waals surface area contributed by atoms with E-state index in [-0.39, 0.29) is 0 Å². The molecule has 1 N–H and O–H groups in total. The van der Waals surface area contributed by atoms with Crippen LogP contribution in [0, 0.1) is 12.8 Å². The summed E-state index contributed by atoms with van der Waals surface area (Å²) < 4.78 is 6.11. The predicted octanol–water partition coefficient (Wildman–Crippen LogP) is 3.75. The van der Waals surface area contributed by atoms with Crippen molar-refractivity contribution in [1.82, 2.24) is 0 Å². The summed E-state index contributed by atoms with van der Waals surface area (Å²) in [6, 6.07) is 6.39. The van der Waals surface area contributed by atoms with Gasteiger partial charge in [0.25, 0.3) is 0 Å². The average molecular weight is 231 g/mol. The smallest absolute Gasteiger partial charge is 0.143 e. The molecule has 2 heteroatoms. The zero-order valence-electron chi connectivity index (χ0n) is 10.5. The van der Waals surface area contributed by atoms with Crippen LogP contribution in [-0.2, 0) is 0 Å². The zero-order valence-corrected chi connectivity index (χ0v) is 10.5. The monoisotopic (exact) mass is 231 g/mol. The first kappa shape index (κ1) is 10.9. The van der Waals surface area contributed by atoms with Crippen LogP contribution in [0.3, 0.4) is 0 Å². The van der Waals surface area contributed by atoms with E-state index in [4.69, 9.17) is 4.74 Å². The van der Waals surface area contributed by atoms with Crippen molar-refractivity contribution in [3.05, 3.63) is 23.8 Å². The molecular formula is C15H21NO. The van der Waals surface area contributed by atoms with E-state index in [1.165, 1.54) is 37.7 Å². The van der Waals surface area contributed by atoms with Crippen LogP contribution >= 0.6 is 0 Å². The molecule has 0 aromatic heterocycles. The number of anilines is 1. The van der Waals surface area contributed by atoms with Gasteiger partial charge in [-0.2, -0.15) is 0 Å². The molecule has 3 rings (SSSR count). The largest absolute Gasteiger partial charge is 0.486 e. The van der Waals surface area contributed by atoms with Crippen LogP contribution in [0.5, 0.6) is 5.75 Å². The third-order valence-corrected chi connectivity index (χ3v) is 4.02. The van der Waals surface area contributed by atoms with E-state index in [2.05, 4.69) is 30.4 Å². The minimum Gasteiger partial charge on any atom is -0.486 e. The summed E-state index contributed by atoms with van der Waals surface area (Å²) in [5.41, 5.74) is 2.42. The number of aryl methyl sites for hydroxylation is 1. The summed E-state index contributed by atoms with van der Waals surface area (Å²) in [4.78, 5) is 0. The Bertz CT molecular complexity index is 396. The van der Waals surface area contributed by atoms with Crippen molar-refractivity contribution in [3.8, 4) is 5.75 Å². The Hall–Kier alpha value is -1.18. The lowest BCUT2D eigenvalue weighted by Gasteiger charge is -2.29. The normalized spacial score (nSPS) is 23.9. The van der Waals surface area contributed by atoms with Crippen molar-refractivity contribution in [2.45, 2.75) is 45.1 Å². The quantitative estimate of drug-likeness (QED) is 0.837. The molecule has 1 aliphatic heterocycles. The van der Waals surface area contributed by atoms with E-state index in [0.717, 1.165) is 23.9 Å². The Morgan fingerprint density at radius 1 is 1.29 bits per heavy atom. The fourth-order valence-electron chi connectivity index (χ4n) is 3.07. The highest BCUT2D eigenvalue weighted by atomic mass is 16.5. The van der Waals surface area contributed by atoms with Gasteiger partial charge in [0.2, 0.25) is 0 Å². The summed E-state index contributed by atoms with van der Waals surface area (Å²) in [7, 11) is 0. The number of ether oxygens (including phenoxy) is 1. The lowest BCUT2D eigenvalue weighted by molar-refractivity contribution is 0.172. The summed E-state index contributed by atoms with van der Waals surface area (Å²) >= 11 is 0. The highest BCUT2D eigenvalue weighted by molar-refractivity contribution is 5.59. The number of hydrogen-bond acceptors (Lipinski definition) is 2. The van der Waals surface area contributed by atoms with Crippen LogP contribution in [0.25, 0.3) is 0 Å². The van der Waals surface area contributed by atoms with Crippen LogP contribution in [-0.4, -0.2) is 12.6 Å². The van der Waals surface area contributed by atoms with Crippen molar-refractivity contribution < 1.29 is 4.74 Å². The van der Waals surface area contributed by atoms with Crippen molar-refractivity contribution in [1.29, 1.82) is 0 Å². The van der Waals surface area contributed by atoms with E-state index in [1.54, 1.807) is 0 Å². The van der Waals surface area contributed by atoms with E-state index in [0.29, 0.717) is 6.10 Å². The third-order valence-electron chi connectivity index (χ3n) is 4.02. The van der Waals surface area contributed by atoms with Crippen LogP contribution < -0.4 is 10.1 Å². The minimum absolute atomic E-state index is 0.368. The molecule has 1 aliphatic carbocycles. The molecule has 0 radical (unpaired) electrons. The van der Waals surface area contributed by atoms with Crippen LogP contribution in [0.15, 0.2) is 18.2 Å². The van der Waals surface area contributed by atoms with E-state index in [1.807, 2.05) is 0 Å². The molecule has 0 bridgehead atoms. The highest BCUT2D eigenvalue weighted by Gasteiger charge is 2.24. The van der Waals surface area contributed by atoms with Crippen molar-refractivity contribution in [3.63, 3.8) is 0 Å². The van der Waals surface area contributed by atoms with Gasteiger partial charge in [0, 0.05) is 0 Å². The Labute approximate surface area is 103 Å². The first-order valence-electron chi connectivity index (χ1n) is 6.82. The molecule has 2 aliphatic rings. The molecule has 1 heterocycles. The number of benzene rings is 1. The molecule has 0 saturated heterocycles. The molecule has 1 fully saturated rings. The second kappa shape index (κ2) is 4.59. The third kappa shape index (κ3) is 2.41. The maximum atomic E-state index is 6.11. The second-order valence-electron chi connectivity index (χ2n) is 5.51. The number of hydrogen-bond donors (Lipinski definition) is 1. The molecule has 1 aromatic rings. The van der Waals surface area contributed by atoms with Gasteiger partial charge in [0.1, 0.15) is 11.9 Å². The van der Waals surface area contributed by atoms with E-state index >= 15 is 0 Å². The molecule has 1 unspecified atom stereocenters. The van der Waals surface area contributed by atoms with Gasteiger partial charge in [-0.05, 0) is 37.0 Å². The SMILES string of the molecule is Cc1ccc2c(c1)OC(CC1CCCC1)CN2. The van der Waals surface area contributed by atoms with Crippen LogP contribution in [0.1, 0.15) is 37.7 Å². The van der Waals surface area contributed by atoms with Gasteiger partial charge in [-0.1, -0.05) is 31.7 Å². The minimum atomic E-state index is 0.368. The Morgan fingerprint density at radius 3 is 2.94 bits per heavy atom.